The minimum atomic E-state index is -0.304. The molecular weight excluding hydrogens is 272 g/mol. The van der Waals surface area contributed by atoms with Crippen LogP contribution in [0.25, 0.3) is 0 Å². The minimum Gasteiger partial charge on any atom is -0.347 e. The molecule has 1 spiro atoms. The van der Waals surface area contributed by atoms with Crippen LogP contribution in [-0.2, 0) is 15.9 Å². The Kier molecular flexibility index (Phi) is 5.32. The van der Waals surface area contributed by atoms with E-state index in [9.17, 15) is 0 Å². The molecule has 1 aromatic rings. The maximum Gasteiger partial charge on any atom is 0.169 e. The van der Waals surface area contributed by atoms with Gasteiger partial charge in [0, 0.05) is 12.8 Å². The van der Waals surface area contributed by atoms with Gasteiger partial charge in [-0.15, -0.1) is 0 Å². The molecule has 1 aromatic carbocycles. The molecule has 2 heteroatoms. The summed E-state index contributed by atoms with van der Waals surface area (Å²) in [7, 11) is 0. The summed E-state index contributed by atoms with van der Waals surface area (Å²) in [5.74, 6) is -0.304. The summed E-state index contributed by atoms with van der Waals surface area (Å²) in [6.07, 6.45) is 13.9. The smallest absolute Gasteiger partial charge is 0.169 e. The zero-order chi connectivity index (χ0) is 15.3. The average Bonchev–Trinajstić information content (AvgIpc) is 2.55. The van der Waals surface area contributed by atoms with Crippen LogP contribution in [-0.4, -0.2) is 18.0 Å². The Balaban J connectivity index is 1.56. The van der Waals surface area contributed by atoms with Crippen LogP contribution >= 0.6 is 0 Å². The van der Waals surface area contributed by atoms with Crippen LogP contribution in [0.15, 0.2) is 42.5 Å². The number of hydrogen-bond donors (Lipinski definition) is 0. The zero-order valence-corrected chi connectivity index (χ0v) is 13.7. The first-order chi connectivity index (χ1) is 10.8. The van der Waals surface area contributed by atoms with Gasteiger partial charge in [0.2, 0.25) is 0 Å². The highest BCUT2D eigenvalue weighted by molar-refractivity contribution is 5.14. The Morgan fingerprint density at radius 1 is 1.09 bits per heavy atom. The Morgan fingerprint density at radius 3 is 2.64 bits per heavy atom. The van der Waals surface area contributed by atoms with E-state index in [1.165, 1.54) is 24.8 Å². The molecule has 0 amide bonds. The number of ether oxygens (including phenoxy) is 2. The number of hydrogen-bond acceptors (Lipinski definition) is 2. The summed E-state index contributed by atoms with van der Waals surface area (Å²) in [5, 5.41) is 0. The van der Waals surface area contributed by atoms with E-state index in [4.69, 9.17) is 9.47 Å². The van der Waals surface area contributed by atoms with Crippen molar-refractivity contribution in [2.75, 3.05) is 0 Å². The van der Waals surface area contributed by atoms with Crippen molar-refractivity contribution in [3.05, 3.63) is 48.0 Å². The Morgan fingerprint density at radius 2 is 1.86 bits per heavy atom. The van der Waals surface area contributed by atoms with Gasteiger partial charge in [0.15, 0.2) is 5.79 Å². The van der Waals surface area contributed by atoms with E-state index in [0.29, 0.717) is 6.10 Å². The van der Waals surface area contributed by atoms with E-state index < -0.39 is 0 Å². The van der Waals surface area contributed by atoms with Gasteiger partial charge in [0.25, 0.3) is 0 Å². The standard InChI is InChI=1S/C20H28O2/c1-2-8-18-11-6-15-20(21-18)16-7-12-19(22-20)14-13-17-9-4-3-5-10-17/h2-5,8-10,18-19H,6-7,11-16H2,1H3/b8-2+/t18-,19-,20+/m0/s1. The topological polar surface area (TPSA) is 18.5 Å². The first kappa shape index (κ1) is 15.8. The van der Waals surface area contributed by atoms with Crippen molar-refractivity contribution in [3.63, 3.8) is 0 Å². The van der Waals surface area contributed by atoms with Crippen molar-refractivity contribution in [2.45, 2.75) is 76.3 Å². The van der Waals surface area contributed by atoms with Gasteiger partial charge in [-0.2, -0.15) is 0 Å². The van der Waals surface area contributed by atoms with E-state index in [1.54, 1.807) is 0 Å². The number of benzene rings is 1. The molecule has 0 aliphatic carbocycles. The normalized spacial score (nSPS) is 32.6. The minimum absolute atomic E-state index is 0.242. The lowest BCUT2D eigenvalue weighted by Gasteiger charge is -2.45. The number of rotatable bonds is 4. The van der Waals surface area contributed by atoms with Crippen LogP contribution in [0.2, 0.25) is 0 Å². The molecule has 0 saturated carbocycles. The maximum atomic E-state index is 6.46. The molecule has 0 N–H and O–H groups in total. The van der Waals surface area contributed by atoms with Crippen LogP contribution in [0.3, 0.4) is 0 Å². The molecule has 2 aliphatic rings. The van der Waals surface area contributed by atoms with Crippen molar-refractivity contribution in [1.29, 1.82) is 0 Å². The van der Waals surface area contributed by atoms with Crippen molar-refractivity contribution in [3.8, 4) is 0 Å². The lowest BCUT2D eigenvalue weighted by Crippen LogP contribution is -2.47. The quantitative estimate of drug-likeness (QED) is 0.726. The monoisotopic (exact) mass is 300 g/mol. The number of aryl methyl sites for hydroxylation is 1. The second-order valence-corrected chi connectivity index (χ2v) is 6.64. The summed E-state index contributed by atoms with van der Waals surface area (Å²) in [5.41, 5.74) is 1.40. The first-order valence-electron chi connectivity index (χ1n) is 8.82. The summed E-state index contributed by atoms with van der Waals surface area (Å²) in [6, 6.07) is 10.7. The van der Waals surface area contributed by atoms with Crippen LogP contribution in [0.4, 0.5) is 0 Å². The third kappa shape index (κ3) is 3.99. The van der Waals surface area contributed by atoms with Crippen molar-refractivity contribution < 1.29 is 9.47 Å². The lowest BCUT2D eigenvalue weighted by molar-refractivity contribution is -0.308. The molecule has 22 heavy (non-hydrogen) atoms. The molecule has 3 rings (SSSR count). The molecule has 2 fully saturated rings. The van der Waals surface area contributed by atoms with Crippen LogP contribution in [0.1, 0.15) is 57.4 Å². The predicted molar refractivity (Wildman–Crippen MR) is 89.8 cm³/mol. The van der Waals surface area contributed by atoms with Gasteiger partial charge in [-0.05, 0) is 51.0 Å². The molecule has 2 saturated heterocycles. The fraction of sp³-hybridized carbons (Fsp3) is 0.600. The summed E-state index contributed by atoms with van der Waals surface area (Å²) in [4.78, 5) is 0. The molecule has 2 aliphatic heterocycles. The second kappa shape index (κ2) is 7.43. The molecule has 2 nitrogen and oxygen atoms in total. The highest BCUT2D eigenvalue weighted by atomic mass is 16.7. The van der Waals surface area contributed by atoms with Gasteiger partial charge in [-0.1, -0.05) is 42.5 Å². The van der Waals surface area contributed by atoms with Gasteiger partial charge in [-0.3, -0.25) is 0 Å². The van der Waals surface area contributed by atoms with E-state index in [1.807, 2.05) is 0 Å². The van der Waals surface area contributed by atoms with Crippen LogP contribution in [0, 0.1) is 0 Å². The van der Waals surface area contributed by atoms with Crippen molar-refractivity contribution in [1.82, 2.24) is 0 Å². The Bertz CT molecular complexity index is 478. The molecular formula is C20H28O2. The Hall–Kier alpha value is -1.12. The van der Waals surface area contributed by atoms with Crippen molar-refractivity contribution in [2.24, 2.45) is 0 Å². The lowest BCUT2D eigenvalue weighted by atomic mass is 9.91. The molecule has 3 atom stereocenters. The summed E-state index contributed by atoms with van der Waals surface area (Å²) < 4.78 is 12.8. The third-order valence-electron chi connectivity index (χ3n) is 4.88. The largest absolute Gasteiger partial charge is 0.347 e. The van der Waals surface area contributed by atoms with Crippen molar-refractivity contribution >= 4 is 0 Å². The van der Waals surface area contributed by atoms with Gasteiger partial charge in [0.1, 0.15) is 0 Å². The van der Waals surface area contributed by atoms with Crippen LogP contribution in [0.5, 0.6) is 0 Å². The summed E-state index contributed by atoms with van der Waals surface area (Å²) >= 11 is 0. The van der Waals surface area contributed by atoms with Gasteiger partial charge in [0.05, 0.1) is 12.2 Å². The zero-order valence-electron chi connectivity index (χ0n) is 13.7. The van der Waals surface area contributed by atoms with Gasteiger partial charge < -0.3 is 9.47 Å². The van der Waals surface area contributed by atoms with Crippen LogP contribution < -0.4 is 0 Å². The third-order valence-corrected chi connectivity index (χ3v) is 4.88. The molecule has 0 aromatic heterocycles. The van der Waals surface area contributed by atoms with E-state index in [-0.39, 0.29) is 11.9 Å². The fourth-order valence-electron chi connectivity index (χ4n) is 3.78. The van der Waals surface area contributed by atoms with E-state index >= 15 is 0 Å². The van der Waals surface area contributed by atoms with Gasteiger partial charge in [-0.25, -0.2) is 0 Å². The molecule has 0 bridgehead atoms. The first-order valence-corrected chi connectivity index (χ1v) is 8.82. The predicted octanol–water partition coefficient (Wildman–Crippen LogP) is 5.03. The molecule has 0 radical (unpaired) electrons. The van der Waals surface area contributed by atoms with Gasteiger partial charge >= 0.3 is 0 Å². The molecule has 0 unspecified atom stereocenters. The highest BCUT2D eigenvalue weighted by Crippen LogP contribution is 2.40. The molecule has 120 valence electrons. The molecule has 2 heterocycles. The van der Waals surface area contributed by atoms with E-state index in [2.05, 4.69) is 49.4 Å². The maximum absolute atomic E-state index is 6.46. The Labute approximate surface area is 134 Å². The highest BCUT2D eigenvalue weighted by Gasteiger charge is 2.41. The van der Waals surface area contributed by atoms with E-state index in [0.717, 1.165) is 32.1 Å². The second-order valence-electron chi connectivity index (χ2n) is 6.64. The summed E-state index contributed by atoms with van der Waals surface area (Å²) in [6.45, 7) is 2.06. The SMILES string of the molecule is C/C=C/[C@H]1CCC[C@@]2(CCC[C@@H](CCc3ccccc3)O2)O1. The fourth-order valence-corrected chi connectivity index (χ4v) is 3.78. The average molecular weight is 300 g/mol. The number of allylic oxidation sites excluding steroid dienone is 1.